The molecule has 0 aromatic carbocycles. The Morgan fingerprint density at radius 3 is 2.58 bits per heavy atom. The van der Waals surface area contributed by atoms with Crippen molar-refractivity contribution in [3.63, 3.8) is 0 Å². The molecule has 2 N–H and O–H groups in total. The van der Waals surface area contributed by atoms with E-state index in [-0.39, 0.29) is 0 Å². The summed E-state index contributed by atoms with van der Waals surface area (Å²) in [6.45, 7) is 11.2. The molecule has 0 atom stereocenters. The van der Waals surface area contributed by atoms with Crippen molar-refractivity contribution in [3.8, 4) is 0 Å². The Morgan fingerprint density at radius 1 is 1.42 bits per heavy atom. The molecule has 0 saturated carbocycles. The van der Waals surface area contributed by atoms with Crippen LogP contribution in [0.3, 0.4) is 0 Å². The summed E-state index contributed by atoms with van der Waals surface area (Å²) in [7, 11) is 1.70. The van der Waals surface area contributed by atoms with Gasteiger partial charge in [0, 0.05) is 20.2 Å². The Morgan fingerprint density at radius 2 is 2.11 bits per heavy atom. The Balaban J connectivity index is 2.64. The van der Waals surface area contributed by atoms with Gasteiger partial charge >= 0.3 is 0 Å². The van der Waals surface area contributed by atoms with Crippen molar-refractivity contribution in [2.45, 2.75) is 39.8 Å². The topological polar surface area (TPSA) is 77.4 Å². The van der Waals surface area contributed by atoms with Gasteiger partial charge in [0.15, 0.2) is 5.82 Å². The molecule has 6 nitrogen and oxygen atoms in total. The first kappa shape index (κ1) is 16.1. The van der Waals surface area contributed by atoms with Crippen LogP contribution in [-0.4, -0.2) is 41.8 Å². The fraction of sp³-hybridized carbons (Fsp3) is 0.846. The average Bonchev–Trinajstić information content (AvgIpc) is 2.73. The summed E-state index contributed by atoms with van der Waals surface area (Å²) >= 11 is 0. The zero-order valence-corrected chi connectivity index (χ0v) is 12.6. The number of methoxy groups -OCH3 is 1. The van der Waals surface area contributed by atoms with Gasteiger partial charge in [-0.25, -0.2) is 0 Å². The van der Waals surface area contributed by atoms with Crippen molar-refractivity contribution in [1.82, 2.24) is 15.0 Å². The van der Waals surface area contributed by atoms with E-state index in [1.54, 1.807) is 7.11 Å². The van der Waals surface area contributed by atoms with E-state index in [4.69, 9.17) is 15.0 Å². The van der Waals surface area contributed by atoms with E-state index in [2.05, 4.69) is 28.9 Å². The Kier molecular flexibility index (Phi) is 5.90. The quantitative estimate of drug-likeness (QED) is 0.768. The van der Waals surface area contributed by atoms with Gasteiger partial charge in [0.25, 0.3) is 0 Å². The fourth-order valence-corrected chi connectivity index (χ4v) is 1.74. The highest BCUT2D eigenvalue weighted by Gasteiger charge is 2.22. The van der Waals surface area contributed by atoms with Gasteiger partial charge in [-0.1, -0.05) is 19.0 Å². The van der Waals surface area contributed by atoms with Gasteiger partial charge in [0.2, 0.25) is 5.89 Å². The zero-order chi connectivity index (χ0) is 14.5. The van der Waals surface area contributed by atoms with Crippen LogP contribution in [0.15, 0.2) is 4.52 Å². The van der Waals surface area contributed by atoms with Gasteiger partial charge in [0.05, 0.1) is 18.7 Å². The number of hydrogen-bond donors (Lipinski definition) is 1. The molecule has 0 saturated heterocycles. The molecule has 0 unspecified atom stereocenters. The number of ether oxygens (including phenoxy) is 1. The van der Waals surface area contributed by atoms with Crippen LogP contribution in [0, 0.1) is 5.92 Å². The number of nitrogens with two attached hydrogens (primary N) is 1. The third-order valence-electron chi connectivity index (χ3n) is 2.64. The van der Waals surface area contributed by atoms with Crippen LogP contribution in [0.1, 0.15) is 39.4 Å². The Hall–Kier alpha value is -0.980. The molecular weight excluding hydrogens is 244 g/mol. The van der Waals surface area contributed by atoms with Gasteiger partial charge < -0.3 is 15.0 Å². The first-order valence-electron chi connectivity index (χ1n) is 6.66. The molecule has 0 fully saturated rings. The van der Waals surface area contributed by atoms with Crippen molar-refractivity contribution in [1.29, 1.82) is 0 Å². The zero-order valence-electron chi connectivity index (χ0n) is 12.6. The third-order valence-corrected chi connectivity index (χ3v) is 2.64. The Labute approximate surface area is 115 Å². The first-order chi connectivity index (χ1) is 8.82. The summed E-state index contributed by atoms with van der Waals surface area (Å²) in [5.74, 6) is 1.72. The molecule has 0 aliphatic rings. The number of nitrogens with zero attached hydrogens (tertiary/aromatic N) is 3. The largest absolute Gasteiger partial charge is 0.383 e. The third kappa shape index (κ3) is 5.67. The molecule has 1 rings (SSSR count). The van der Waals surface area contributed by atoms with E-state index in [9.17, 15) is 0 Å². The van der Waals surface area contributed by atoms with Gasteiger partial charge in [0.1, 0.15) is 0 Å². The second-order valence-corrected chi connectivity index (χ2v) is 5.86. The lowest BCUT2D eigenvalue weighted by Gasteiger charge is -2.21. The summed E-state index contributed by atoms with van der Waals surface area (Å²) in [6.07, 6.45) is 0. The summed E-state index contributed by atoms with van der Waals surface area (Å²) in [5.41, 5.74) is 5.37. The summed E-state index contributed by atoms with van der Waals surface area (Å²) in [6, 6.07) is 0. The van der Waals surface area contributed by atoms with Crippen molar-refractivity contribution in [2.75, 3.05) is 26.8 Å². The van der Waals surface area contributed by atoms with Crippen LogP contribution in [0.25, 0.3) is 0 Å². The summed E-state index contributed by atoms with van der Waals surface area (Å²) in [4.78, 5) is 6.60. The van der Waals surface area contributed by atoms with Gasteiger partial charge in [-0.3, -0.25) is 4.90 Å². The highest BCUT2D eigenvalue weighted by Crippen LogP contribution is 2.14. The maximum absolute atomic E-state index is 5.94. The standard InChI is InChI=1S/C13H26N4O2/c1-10(2)8-17(6-7-18-5)9-11-15-12(16-19-11)13(3,4)14/h10H,6-9,14H2,1-5H3. The van der Waals surface area contributed by atoms with Crippen LogP contribution in [0.4, 0.5) is 0 Å². The lowest BCUT2D eigenvalue weighted by molar-refractivity contribution is 0.127. The molecule has 0 radical (unpaired) electrons. The average molecular weight is 270 g/mol. The highest BCUT2D eigenvalue weighted by atomic mass is 16.5. The molecule has 0 spiro atoms. The lowest BCUT2D eigenvalue weighted by Crippen LogP contribution is -2.31. The SMILES string of the molecule is COCCN(Cc1nc(C(C)(C)N)no1)CC(C)C. The van der Waals surface area contributed by atoms with Gasteiger partial charge in [-0.15, -0.1) is 0 Å². The molecule has 1 aromatic rings. The van der Waals surface area contributed by atoms with E-state index in [1.165, 1.54) is 0 Å². The van der Waals surface area contributed by atoms with E-state index in [1.807, 2.05) is 13.8 Å². The molecule has 0 bridgehead atoms. The maximum Gasteiger partial charge on any atom is 0.240 e. The molecule has 1 heterocycles. The predicted molar refractivity (Wildman–Crippen MR) is 73.5 cm³/mol. The molecular formula is C13H26N4O2. The van der Waals surface area contributed by atoms with Crippen LogP contribution < -0.4 is 5.73 Å². The molecule has 110 valence electrons. The molecule has 1 aromatic heterocycles. The van der Waals surface area contributed by atoms with E-state index >= 15 is 0 Å². The van der Waals surface area contributed by atoms with Crippen LogP contribution >= 0.6 is 0 Å². The lowest BCUT2D eigenvalue weighted by atomic mass is 10.1. The molecule has 0 aliphatic carbocycles. The minimum absolute atomic E-state index is 0.540. The first-order valence-corrected chi connectivity index (χ1v) is 6.66. The normalized spacial score (nSPS) is 12.6. The van der Waals surface area contributed by atoms with E-state index < -0.39 is 5.54 Å². The van der Waals surface area contributed by atoms with Gasteiger partial charge in [-0.05, 0) is 19.8 Å². The minimum atomic E-state index is -0.572. The van der Waals surface area contributed by atoms with Crippen LogP contribution in [-0.2, 0) is 16.8 Å². The minimum Gasteiger partial charge on any atom is -0.383 e. The fourth-order valence-electron chi connectivity index (χ4n) is 1.74. The number of aromatic nitrogens is 2. The summed E-state index contributed by atoms with van der Waals surface area (Å²) in [5, 5.41) is 3.93. The van der Waals surface area contributed by atoms with Crippen molar-refractivity contribution in [2.24, 2.45) is 11.7 Å². The summed E-state index contributed by atoms with van der Waals surface area (Å²) < 4.78 is 10.4. The molecule has 0 amide bonds. The predicted octanol–water partition coefficient (Wildman–Crippen LogP) is 1.37. The van der Waals surface area contributed by atoms with Crippen molar-refractivity contribution in [3.05, 3.63) is 11.7 Å². The molecule has 19 heavy (non-hydrogen) atoms. The smallest absolute Gasteiger partial charge is 0.240 e. The number of hydrogen-bond acceptors (Lipinski definition) is 6. The monoisotopic (exact) mass is 270 g/mol. The molecule has 6 heteroatoms. The molecule has 0 aliphatic heterocycles. The van der Waals surface area contributed by atoms with Crippen LogP contribution in [0.2, 0.25) is 0 Å². The highest BCUT2D eigenvalue weighted by molar-refractivity contribution is 4.99. The maximum atomic E-state index is 5.94. The van der Waals surface area contributed by atoms with Crippen LogP contribution in [0.5, 0.6) is 0 Å². The van der Waals surface area contributed by atoms with Crippen molar-refractivity contribution < 1.29 is 9.26 Å². The Bertz CT molecular complexity index is 371. The van der Waals surface area contributed by atoms with E-state index in [0.717, 1.165) is 13.1 Å². The second-order valence-electron chi connectivity index (χ2n) is 5.86. The van der Waals surface area contributed by atoms with E-state index in [0.29, 0.717) is 30.8 Å². The van der Waals surface area contributed by atoms with Crippen molar-refractivity contribution >= 4 is 0 Å². The second kappa shape index (κ2) is 6.98. The van der Waals surface area contributed by atoms with Gasteiger partial charge in [-0.2, -0.15) is 4.98 Å². The number of rotatable bonds is 8.